The Morgan fingerprint density at radius 2 is 1.82 bits per heavy atom. The molecule has 2 amide bonds. The minimum atomic E-state index is -0.967. The Morgan fingerprint density at radius 3 is 2.46 bits per heavy atom. The van der Waals surface area contributed by atoms with Crippen molar-refractivity contribution in [2.24, 2.45) is 0 Å². The zero-order valence-corrected chi connectivity index (χ0v) is 16.9. The average molecular weight is 406 g/mol. The summed E-state index contributed by atoms with van der Waals surface area (Å²) in [5.41, 5.74) is 1.88. The largest absolute Gasteiger partial charge is 0.348 e. The fourth-order valence-corrected chi connectivity index (χ4v) is 3.18. The maximum absolute atomic E-state index is 13.4. The first-order valence-corrected chi connectivity index (χ1v) is 10.3. The van der Waals surface area contributed by atoms with Crippen molar-refractivity contribution in [2.45, 2.75) is 32.4 Å². The highest BCUT2D eigenvalue weighted by Crippen LogP contribution is 2.16. The molecule has 4 nitrogen and oxygen atoms in total. The van der Waals surface area contributed by atoms with Gasteiger partial charge in [0.25, 0.3) is 5.91 Å². The van der Waals surface area contributed by atoms with Gasteiger partial charge in [-0.05, 0) is 62.1 Å². The van der Waals surface area contributed by atoms with Gasteiger partial charge in [-0.25, -0.2) is 8.78 Å². The quantitative estimate of drug-likeness (QED) is 0.697. The third kappa shape index (κ3) is 6.05. The van der Waals surface area contributed by atoms with Gasteiger partial charge in [0, 0.05) is 5.56 Å². The lowest BCUT2D eigenvalue weighted by Gasteiger charge is -2.22. The van der Waals surface area contributed by atoms with Gasteiger partial charge in [0.2, 0.25) is 5.91 Å². The van der Waals surface area contributed by atoms with E-state index < -0.39 is 23.7 Å². The maximum Gasteiger partial charge on any atom is 0.251 e. The minimum absolute atomic E-state index is 0.328. The van der Waals surface area contributed by atoms with Crippen LogP contribution in [0.1, 0.15) is 40.9 Å². The van der Waals surface area contributed by atoms with Gasteiger partial charge in [-0.15, -0.1) is 0 Å². The molecule has 2 atom stereocenters. The van der Waals surface area contributed by atoms with E-state index in [0.717, 1.165) is 17.7 Å². The predicted molar refractivity (Wildman–Crippen MR) is 108 cm³/mol. The van der Waals surface area contributed by atoms with Crippen LogP contribution in [0.3, 0.4) is 0 Å². The Morgan fingerprint density at radius 1 is 1.07 bits per heavy atom. The molecule has 0 aliphatic rings. The Kier molecular flexibility index (Phi) is 7.99. The molecular weight excluding hydrogens is 382 g/mol. The molecule has 0 saturated heterocycles. The summed E-state index contributed by atoms with van der Waals surface area (Å²) >= 11 is 1.57. The molecule has 28 heavy (non-hydrogen) atoms. The lowest BCUT2D eigenvalue weighted by atomic mass is 10.1. The number of hydrogen-bond donors (Lipinski definition) is 2. The van der Waals surface area contributed by atoms with Crippen molar-refractivity contribution in [2.75, 3.05) is 12.0 Å². The van der Waals surface area contributed by atoms with E-state index in [4.69, 9.17) is 0 Å². The van der Waals surface area contributed by atoms with E-state index >= 15 is 0 Å². The van der Waals surface area contributed by atoms with E-state index in [1.54, 1.807) is 36.9 Å². The number of aryl methyl sites for hydroxylation is 1. The molecule has 0 radical (unpaired) electrons. The molecular formula is C21H24F2N2O2S. The maximum atomic E-state index is 13.4. The Hall–Kier alpha value is -2.41. The summed E-state index contributed by atoms with van der Waals surface area (Å²) < 4.78 is 26.6. The van der Waals surface area contributed by atoms with E-state index in [-0.39, 0.29) is 11.8 Å². The highest BCUT2D eigenvalue weighted by atomic mass is 32.2. The van der Waals surface area contributed by atoms with Crippen LogP contribution in [0.25, 0.3) is 0 Å². The molecule has 2 aromatic rings. The normalized spacial score (nSPS) is 12.9. The van der Waals surface area contributed by atoms with E-state index in [1.165, 1.54) is 6.07 Å². The molecule has 7 heteroatoms. The van der Waals surface area contributed by atoms with E-state index in [9.17, 15) is 18.4 Å². The molecule has 2 N–H and O–H groups in total. The van der Waals surface area contributed by atoms with Crippen LogP contribution in [0.15, 0.2) is 42.5 Å². The fraction of sp³-hybridized carbons (Fsp3) is 0.333. The summed E-state index contributed by atoms with van der Waals surface area (Å²) in [6, 6.07) is 9.36. The second kappa shape index (κ2) is 10.2. The lowest BCUT2D eigenvalue weighted by Crippen LogP contribution is -2.47. The number of amides is 2. The molecule has 0 bridgehead atoms. The first-order valence-electron chi connectivity index (χ1n) is 8.93. The molecule has 0 saturated carbocycles. The molecule has 2 unspecified atom stereocenters. The van der Waals surface area contributed by atoms with E-state index in [0.29, 0.717) is 23.3 Å². The minimum Gasteiger partial charge on any atom is -0.348 e. The molecule has 2 aromatic carbocycles. The van der Waals surface area contributed by atoms with Crippen molar-refractivity contribution in [3.8, 4) is 0 Å². The topological polar surface area (TPSA) is 58.2 Å². The summed E-state index contributed by atoms with van der Waals surface area (Å²) in [4.78, 5) is 25.2. The van der Waals surface area contributed by atoms with Gasteiger partial charge in [-0.1, -0.05) is 23.8 Å². The molecule has 0 aromatic heterocycles. The van der Waals surface area contributed by atoms with Crippen molar-refractivity contribution in [1.29, 1.82) is 0 Å². The monoisotopic (exact) mass is 406 g/mol. The van der Waals surface area contributed by atoms with Gasteiger partial charge in [-0.3, -0.25) is 9.59 Å². The summed E-state index contributed by atoms with van der Waals surface area (Å²) in [7, 11) is 0. The summed E-state index contributed by atoms with van der Waals surface area (Å²) in [6.45, 7) is 3.57. The first kappa shape index (κ1) is 21.9. The SMILES string of the molecule is CSCCC(NC(=O)c1cccc(C)c1)C(=O)NC(C)c1ccc(F)c(F)c1. The Labute approximate surface area is 168 Å². The van der Waals surface area contributed by atoms with Gasteiger partial charge in [0.15, 0.2) is 11.6 Å². The van der Waals surface area contributed by atoms with Crippen molar-refractivity contribution in [3.63, 3.8) is 0 Å². The molecule has 0 fully saturated rings. The molecule has 0 aliphatic heterocycles. The summed E-state index contributed by atoms with van der Waals surface area (Å²) in [5, 5.41) is 5.54. The number of benzene rings is 2. The molecule has 0 heterocycles. The van der Waals surface area contributed by atoms with E-state index in [2.05, 4.69) is 10.6 Å². The highest BCUT2D eigenvalue weighted by molar-refractivity contribution is 7.98. The van der Waals surface area contributed by atoms with Crippen LogP contribution in [-0.2, 0) is 4.79 Å². The number of hydrogen-bond acceptors (Lipinski definition) is 3. The second-order valence-corrected chi connectivity index (χ2v) is 7.57. The predicted octanol–water partition coefficient (Wildman–Crippen LogP) is 4.00. The Balaban J connectivity index is 2.09. The smallest absolute Gasteiger partial charge is 0.251 e. The van der Waals surface area contributed by atoms with Crippen molar-refractivity contribution >= 4 is 23.6 Å². The number of nitrogens with one attached hydrogen (secondary N) is 2. The fourth-order valence-electron chi connectivity index (χ4n) is 2.71. The van der Waals surface area contributed by atoms with Gasteiger partial charge in [-0.2, -0.15) is 11.8 Å². The van der Waals surface area contributed by atoms with Crippen LogP contribution in [-0.4, -0.2) is 29.9 Å². The number of rotatable bonds is 8. The molecule has 150 valence electrons. The molecule has 0 spiro atoms. The summed E-state index contributed by atoms with van der Waals surface area (Å²) in [5.74, 6) is -1.92. The van der Waals surface area contributed by atoms with Crippen LogP contribution in [0, 0.1) is 18.6 Å². The highest BCUT2D eigenvalue weighted by Gasteiger charge is 2.23. The third-order valence-electron chi connectivity index (χ3n) is 4.32. The van der Waals surface area contributed by atoms with Crippen LogP contribution in [0.5, 0.6) is 0 Å². The number of carbonyl (C=O) groups is 2. The van der Waals surface area contributed by atoms with Crippen molar-refractivity contribution < 1.29 is 18.4 Å². The lowest BCUT2D eigenvalue weighted by molar-refractivity contribution is -0.123. The van der Waals surface area contributed by atoms with Crippen LogP contribution in [0.4, 0.5) is 8.78 Å². The van der Waals surface area contributed by atoms with Gasteiger partial charge in [0.05, 0.1) is 6.04 Å². The number of thioether (sulfide) groups is 1. The van der Waals surface area contributed by atoms with Gasteiger partial charge in [0.1, 0.15) is 6.04 Å². The van der Waals surface area contributed by atoms with Crippen LogP contribution < -0.4 is 10.6 Å². The standard InChI is InChI=1S/C21H24F2N2O2S/c1-13-5-4-6-16(11-13)20(26)25-19(9-10-28-3)21(27)24-14(2)15-7-8-17(22)18(23)12-15/h4-8,11-12,14,19H,9-10H2,1-3H3,(H,24,27)(H,25,26). The molecule has 2 rings (SSSR count). The van der Waals surface area contributed by atoms with Crippen molar-refractivity contribution in [3.05, 3.63) is 70.8 Å². The van der Waals surface area contributed by atoms with Gasteiger partial charge >= 0.3 is 0 Å². The number of halogens is 2. The zero-order valence-electron chi connectivity index (χ0n) is 16.1. The van der Waals surface area contributed by atoms with Crippen LogP contribution >= 0.6 is 11.8 Å². The van der Waals surface area contributed by atoms with Gasteiger partial charge < -0.3 is 10.6 Å². The third-order valence-corrected chi connectivity index (χ3v) is 4.96. The molecule has 0 aliphatic carbocycles. The van der Waals surface area contributed by atoms with E-state index in [1.807, 2.05) is 19.2 Å². The Bertz CT molecular complexity index is 845. The summed E-state index contributed by atoms with van der Waals surface area (Å²) in [6.07, 6.45) is 2.37. The average Bonchev–Trinajstić information content (AvgIpc) is 2.66. The van der Waals surface area contributed by atoms with Crippen LogP contribution in [0.2, 0.25) is 0 Å². The zero-order chi connectivity index (χ0) is 20.7. The second-order valence-electron chi connectivity index (χ2n) is 6.58. The van der Waals surface area contributed by atoms with Crippen molar-refractivity contribution in [1.82, 2.24) is 10.6 Å². The first-order chi connectivity index (χ1) is 13.3. The number of carbonyl (C=O) groups excluding carboxylic acids is 2.